The number of amides is 2. The topological polar surface area (TPSA) is 66.3 Å². The van der Waals surface area contributed by atoms with Gasteiger partial charge in [-0.05, 0) is 44.0 Å². The van der Waals surface area contributed by atoms with Crippen LogP contribution in [0.2, 0.25) is 0 Å². The molecule has 5 rings (SSSR count). The molecule has 2 aromatic rings. The van der Waals surface area contributed by atoms with Gasteiger partial charge in [-0.1, -0.05) is 6.07 Å². The average Bonchev–Trinajstić information content (AvgIpc) is 3.11. The van der Waals surface area contributed by atoms with Gasteiger partial charge in [-0.25, -0.2) is 14.5 Å². The maximum absolute atomic E-state index is 12.6. The van der Waals surface area contributed by atoms with E-state index in [1.54, 1.807) is 23.3 Å². The molecule has 2 aromatic heterocycles. The highest BCUT2D eigenvalue weighted by molar-refractivity contribution is 5.89. The molecule has 2 amide bonds. The molecular weight excluding hydrogens is 304 g/mol. The molecule has 3 saturated heterocycles. The zero-order valence-electron chi connectivity index (χ0n) is 13.8. The van der Waals surface area contributed by atoms with Gasteiger partial charge in [0.25, 0.3) is 0 Å². The van der Waals surface area contributed by atoms with E-state index in [4.69, 9.17) is 0 Å². The van der Waals surface area contributed by atoms with E-state index in [1.807, 2.05) is 30.1 Å². The molecule has 3 aliphatic heterocycles. The fourth-order valence-corrected chi connectivity index (χ4v) is 3.74. The van der Waals surface area contributed by atoms with Gasteiger partial charge < -0.3 is 15.1 Å². The lowest BCUT2D eigenvalue weighted by Crippen LogP contribution is -2.58. The largest absolute Gasteiger partial charge is 0.323 e. The van der Waals surface area contributed by atoms with Crippen molar-refractivity contribution in [2.24, 2.45) is 5.92 Å². The molecule has 24 heavy (non-hydrogen) atoms. The van der Waals surface area contributed by atoms with Crippen LogP contribution < -0.4 is 5.32 Å². The number of nitrogens with zero attached hydrogens (tertiary/aromatic N) is 5. The maximum Gasteiger partial charge on any atom is 0.321 e. The van der Waals surface area contributed by atoms with Gasteiger partial charge in [-0.2, -0.15) is 5.10 Å². The first kappa shape index (κ1) is 15.1. The van der Waals surface area contributed by atoms with Crippen LogP contribution in [0, 0.1) is 5.92 Å². The van der Waals surface area contributed by atoms with Crippen LogP contribution >= 0.6 is 0 Å². The SMILES string of the molecule is CN(C(=O)Nc1cnn(-c2ccccn2)c1)[C@H]1CN2CCC1CC2. The van der Waals surface area contributed by atoms with Gasteiger partial charge in [0.2, 0.25) is 0 Å². The number of anilines is 1. The van der Waals surface area contributed by atoms with E-state index in [-0.39, 0.29) is 6.03 Å². The molecule has 7 heteroatoms. The number of carbonyl (C=O) groups excluding carboxylic acids is 1. The highest BCUT2D eigenvalue weighted by Gasteiger charge is 2.37. The minimum absolute atomic E-state index is 0.0747. The van der Waals surface area contributed by atoms with Gasteiger partial charge in [-0.15, -0.1) is 0 Å². The zero-order valence-corrected chi connectivity index (χ0v) is 13.8. The van der Waals surface area contributed by atoms with Crippen molar-refractivity contribution in [3.8, 4) is 5.82 Å². The van der Waals surface area contributed by atoms with Crippen molar-refractivity contribution in [2.45, 2.75) is 18.9 Å². The van der Waals surface area contributed by atoms with Gasteiger partial charge in [0.05, 0.1) is 18.1 Å². The fourth-order valence-electron chi connectivity index (χ4n) is 3.74. The first-order valence-corrected chi connectivity index (χ1v) is 8.43. The molecule has 0 aliphatic carbocycles. The smallest absolute Gasteiger partial charge is 0.321 e. The first-order valence-electron chi connectivity index (χ1n) is 8.43. The summed E-state index contributed by atoms with van der Waals surface area (Å²) in [5, 5.41) is 7.21. The number of likely N-dealkylation sites (N-methyl/N-ethyl adjacent to an activating group) is 1. The Labute approximate surface area is 141 Å². The van der Waals surface area contributed by atoms with Crippen LogP contribution in [-0.4, -0.2) is 63.3 Å². The highest BCUT2D eigenvalue weighted by Crippen LogP contribution is 2.30. The number of piperidine rings is 3. The first-order chi connectivity index (χ1) is 11.7. The molecule has 0 saturated carbocycles. The van der Waals surface area contributed by atoms with E-state index in [1.165, 1.54) is 25.9 Å². The van der Waals surface area contributed by atoms with Crippen LogP contribution in [0.25, 0.3) is 5.82 Å². The quantitative estimate of drug-likeness (QED) is 0.934. The number of aromatic nitrogens is 3. The number of hydrogen-bond donors (Lipinski definition) is 1. The van der Waals surface area contributed by atoms with E-state index in [0.29, 0.717) is 17.6 Å². The van der Waals surface area contributed by atoms with Crippen LogP contribution in [0.5, 0.6) is 0 Å². The monoisotopic (exact) mass is 326 g/mol. The predicted octanol–water partition coefficient (Wildman–Crippen LogP) is 1.83. The third-order valence-corrected chi connectivity index (χ3v) is 5.16. The summed E-state index contributed by atoms with van der Waals surface area (Å²) in [6.07, 6.45) is 7.54. The van der Waals surface area contributed by atoms with E-state index in [0.717, 1.165) is 12.4 Å². The summed E-state index contributed by atoms with van der Waals surface area (Å²) in [5.41, 5.74) is 0.679. The molecule has 5 heterocycles. The number of hydrogen-bond acceptors (Lipinski definition) is 4. The fraction of sp³-hybridized carbons (Fsp3) is 0.471. The summed E-state index contributed by atoms with van der Waals surface area (Å²) in [5.74, 6) is 1.35. The Hall–Kier alpha value is -2.41. The molecule has 0 unspecified atom stereocenters. The van der Waals surface area contributed by atoms with Crippen molar-refractivity contribution < 1.29 is 4.79 Å². The zero-order chi connectivity index (χ0) is 16.5. The van der Waals surface area contributed by atoms with Crippen LogP contribution in [0.1, 0.15) is 12.8 Å². The molecule has 0 aromatic carbocycles. The number of rotatable bonds is 3. The lowest BCUT2D eigenvalue weighted by atomic mass is 9.83. The predicted molar refractivity (Wildman–Crippen MR) is 91.1 cm³/mol. The Balaban J connectivity index is 1.42. The van der Waals surface area contributed by atoms with Gasteiger partial charge >= 0.3 is 6.03 Å². The summed E-state index contributed by atoms with van der Waals surface area (Å²) in [7, 11) is 1.89. The minimum atomic E-state index is -0.0747. The highest BCUT2D eigenvalue weighted by atomic mass is 16.2. The van der Waals surface area contributed by atoms with Gasteiger partial charge in [0, 0.05) is 25.8 Å². The van der Waals surface area contributed by atoms with E-state index in [9.17, 15) is 4.79 Å². The Morgan fingerprint density at radius 2 is 2.17 bits per heavy atom. The maximum atomic E-state index is 12.6. The van der Waals surface area contributed by atoms with Crippen LogP contribution in [0.15, 0.2) is 36.8 Å². The second-order valence-electron chi connectivity index (χ2n) is 6.61. The van der Waals surface area contributed by atoms with Crippen molar-refractivity contribution in [2.75, 3.05) is 32.0 Å². The molecule has 126 valence electrons. The van der Waals surface area contributed by atoms with Crippen LogP contribution in [0.3, 0.4) is 0 Å². The third kappa shape index (κ3) is 2.87. The van der Waals surface area contributed by atoms with Crippen LogP contribution in [0.4, 0.5) is 10.5 Å². The van der Waals surface area contributed by atoms with Crippen molar-refractivity contribution in [1.82, 2.24) is 24.6 Å². The van der Waals surface area contributed by atoms with E-state index >= 15 is 0 Å². The number of fused-ring (bicyclic) bond motifs is 3. The van der Waals surface area contributed by atoms with Crippen molar-refractivity contribution in [3.63, 3.8) is 0 Å². The summed E-state index contributed by atoms with van der Waals surface area (Å²) in [4.78, 5) is 21.1. The molecule has 7 nitrogen and oxygen atoms in total. The van der Waals surface area contributed by atoms with Crippen molar-refractivity contribution in [3.05, 3.63) is 36.8 Å². The second kappa shape index (κ2) is 6.24. The van der Waals surface area contributed by atoms with Gasteiger partial charge in [0.1, 0.15) is 0 Å². The average molecular weight is 326 g/mol. The van der Waals surface area contributed by atoms with Crippen LogP contribution in [-0.2, 0) is 0 Å². The lowest BCUT2D eigenvalue weighted by Gasteiger charge is -2.47. The van der Waals surface area contributed by atoms with Crippen molar-refractivity contribution in [1.29, 1.82) is 0 Å². The Kier molecular flexibility index (Phi) is 3.93. The number of urea groups is 1. The minimum Gasteiger partial charge on any atom is -0.323 e. The molecule has 1 atom stereocenters. The third-order valence-electron chi connectivity index (χ3n) is 5.16. The Morgan fingerprint density at radius 3 is 2.83 bits per heavy atom. The second-order valence-corrected chi connectivity index (χ2v) is 6.61. The number of carbonyl (C=O) groups is 1. The molecular formula is C17H22N6O. The van der Waals surface area contributed by atoms with Crippen molar-refractivity contribution >= 4 is 11.7 Å². The summed E-state index contributed by atoms with van der Waals surface area (Å²) in [6, 6.07) is 5.87. The standard InChI is InChI=1S/C17H22N6O/c1-21(15-12-22-8-5-13(15)6-9-22)17(24)20-14-10-19-23(11-14)16-4-2-3-7-18-16/h2-4,7,10-11,13,15H,5-6,8-9,12H2,1H3,(H,20,24)/t15-/m0/s1. The van der Waals surface area contributed by atoms with E-state index in [2.05, 4.69) is 20.3 Å². The molecule has 2 bridgehead atoms. The number of pyridine rings is 1. The Morgan fingerprint density at radius 1 is 1.33 bits per heavy atom. The number of nitrogens with one attached hydrogen (secondary N) is 1. The molecule has 3 fully saturated rings. The molecule has 3 aliphatic rings. The summed E-state index contributed by atoms with van der Waals surface area (Å²) >= 11 is 0. The molecule has 0 spiro atoms. The molecule has 1 N–H and O–H groups in total. The Bertz CT molecular complexity index is 707. The van der Waals surface area contributed by atoms with Gasteiger partial charge in [-0.3, -0.25) is 0 Å². The summed E-state index contributed by atoms with van der Waals surface area (Å²) in [6.45, 7) is 3.34. The van der Waals surface area contributed by atoms with Gasteiger partial charge in [0.15, 0.2) is 5.82 Å². The lowest BCUT2D eigenvalue weighted by molar-refractivity contribution is 0.0336. The normalized spacial score (nSPS) is 25.5. The van der Waals surface area contributed by atoms with E-state index < -0.39 is 0 Å². The summed E-state index contributed by atoms with van der Waals surface area (Å²) < 4.78 is 1.66. The molecule has 0 radical (unpaired) electrons.